The average Bonchev–Trinajstić information content (AvgIpc) is 2.83. The third-order valence-electron chi connectivity index (χ3n) is 6.21. The number of rotatable bonds is 6. The van der Waals surface area contributed by atoms with Crippen LogP contribution < -0.4 is 20.3 Å². The minimum atomic E-state index is -0.706. The maximum Gasteiger partial charge on any atom is 0.319 e. The fraction of sp³-hybridized carbons (Fsp3) is 0.241. The topological polar surface area (TPSA) is 70.7 Å². The Bertz CT molecular complexity index is 1330. The molecule has 6 nitrogen and oxygen atoms in total. The molecule has 0 saturated carbocycles. The lowest BCUT2D eigenvalue weighted by molar-refractivity contribution is -0.125. The first-order chi connectivity index (χ1) is 17.0. The van der Waals surface area contributed by atoms with Crippen LogP contribution in [0.2, 0.25) is 0 Å². The second kappa shape index (κ2) is 9.85. The van der Waals surface area contributed by atoms with Crippen molar-refractivity contribution in [2.75, 3.05) is 10.2 Å². The predicted molar refractivity (Wildman–Crippen MR) is 140 cm³/mol. The number of anilines is 2. The summed E-state index contributed by atoms with van der Waals surface area (Å²) in [5.74, 6) is -0.190. The molecule has 0 bridgehead atoms. The summed E-state index contributed by atoms with van der Waals surface area (Å²) in [6.45, 7) is 11.5. The van der Waals surface area contributed by atoms with Crippen LogP contribution in [0, 0.1) is 5.82 Å². The molecule has 0 radical (unpaired) electrons. The monoisotopic (exact) mass is 487 g/mol. The summed E-state index contributed by atoms with van der Waals surface area (Å²) in [6.07, 6.45) is -0.706. The third kappa shape index (κ3) is 5.25. The molecule has 1 atom stereocenters. The Hall–Kier alpha value is -4.13. The molecular formula is C29H30FN3O3. The zero-order valence-corrected chi connectivity index (χ0v) is 20.9. The van der Waals surface area contributed by atoms with Gasteiger partial charge in [0.15, 0.2) is 6.10 Å². The molecule has 36 heavy (non-hydrogen) atoms. The van der Waals surface area contributed by atoms with E-state index in [4.69, 9.17) is 4.74 Å². The van der Waals surface area contributed by atoms with E-state index in [0.29, 0.717) is 22.7 Å². The lowest BCUT2D eigenvalue weighted by atomic mass is 9.92. The van der Waals surface area contributed by atoms with Crippen LogP contribution in [0.5, 0.6) is 5.75 Å². The smallest absolute Gasteiger partial charge is 0.319 e. The molecule has 0 aliphatic carbocycles. The van der Waals surface area contributed by atoms with Crippen molar-refractivity contribution in [2.24, 2.45) is 0 Å². The number of ether oxygens (including phenoxy) is 1. The molecule has 3 aromatic carbocycles. The Morgan fingerprint density at radius 3 is 2.58 bits per heavy atom. The first-order valence-corrected chi connectivity index (χ1v) is 11.8. The largest absolute Gasteiger partial charge is 0.479 e. The van der Waals surface area contributed by atoms with E-state index in [1.807, 2.05) is 45.0 Å². The molecule has 4 rings (SSSR count). The van der Waals surface area contributed by atoms with Crippen molar-refractivity contribution >= 4 is 28.9 Å². The zero-order valence-electron chi connectivity index (χ0n) is 20.9. The minimum absolute atomic E-state index is 0.0496. The fourth-order valence-corrected chi connectivity index (χ4v) is 4.14. The van der Waals surface area contributed by atoms with Crippen molar-refractivity contribution in [3.05, 3.63) is 95.8 Å². The first kappa shape index (κ1) is 25.0. The summed E-state index contributed by atoms with van der Waals surface area (Å²) in [6, 6.07) is 18.9. The Balaban J connectivity index is 1.55. The maximum atomic E-state index is 14.3. The second-order valence-electron chi connectivity index (χ2n) is 9.52. The second-order valence-corrected chi connectivity index (χ2v) is 9.52. The first-order valence-electron chi connectivity index (χ1n) is 11.8. The van der Waals surface area contributed by atoms with E-state index in [9.17, 15) is 14.0 Å². The molecule has 0 saturated heterocycles. The fourth-order valence-electron chi connectivity index (χ4n) is 4.14. The molecule has 1 unspecified atom stereocenters. The number of hydrogen-bond donors (Lipinski definition) is 2. The Morgan fingerprint density at radius 1 is 1.11 bits per heavy atom. The Kier molecular flexibility index (Phi) is 6.84. The van der Waals surface area contributed by atoms with E-state index in [1.54, 1.807) is 43.3 Å². The van der Waals surface area contributed by atoms with Crippen LogP contribution in [-0.2, 0) is 16.9 Å². The van der Waals surface area contributed by atoms with Gasteiger partial charge in [0.25, 0.3) is 5.91 Å². The summed E-state index contributed by atoms with van der Waals surface area (Å²) in [5.41, 5.74) is 3.56. The summed E-state index contributed by atoms with van der Waals surface area (Å²) in [7, 11) is 0. The van der Waals surface area contributed by atoms with Gasteiger partial charge < -0.3 is 20.3 Å². The normalized spacial score (nSPS) is 15.1. The number of hydrogen-bond acceptors (Lipinski definition) is 3. The molecule has 0 aromatic heterocycles. The molecular weight excluding hydrogens is 457 g/mol. The third-order valence-corrected chi connectivity index (χ3v) is 6.21. The van der Waals surface area contributed by atoms with Crippen molar-refractivity contribution in [1.82, 2.24) is 5.32 Å². The molecule has 1 aliphatic heterocycles. The SMILES string of the molecule is C=C(C)c1cccc(C(C)(C)NC(=O)Nc2ccc3c(c2)N(Cc2ccccc2F)C(=O)C(C)O3)c1. The summed E-state index contributed by atoms with van der Waals surface area (Å²) < 4.78 is 20.1. The van der Waals surface area contributed by atoms with E-state index < -0.39 is 23.5 Å². The number of halogens is 1. The van der Waals surface area contributed by atoms with Crippen LogP contribution in [0.4, 0.5) is 20.6 Å². The van der Waals surface area contributed by atoms with Crippen molar-refractivity contribution in [1.29, 1.82) is 0 Å². The highest BCUT2D eigenvalue weighted by molar-refractivity contribution is 6.01. The standard InChI is InChI=1S/C29H30FN3O3/c1-18(2)20-10-8-11-22(15-20)29(4,5)32-28(35)31-23-13-14-26-25(16-23)33(27(34)19(3)36-26)17-21-9-6-7-12-24(21)30/h6-16,19H,1,17H2,2-5H3,(H2,31,32,35). The molecule has 1 heterocycles. The highest BCUT2D eigenvalue weighted by Crippen LogP contribution is 2.37. The predicted octanol–water partition coefficient (Wildman–Crippen LogP) is 6.23. The molecule has 1 aliphatic rings. The number of carbonyl (C=O) groups is 2. The molecule has 7 heteroatoms. The van der Waals surface area contributed by atoms with Gasteiger partial charge in [0, 0.05) is 11.3 Å². The van der Waals surface area contributed by atoms with Gasteiger partial charge in [-0.2, -0.15) is 0 Å². The van der Waals surface area contributed by atoms with Gasteiger partial charge in [0.05, 0.1) is 17.8 Å². The lowest BCUT2D eigenvalue weighted by Gasteiger charge is -2.33. The number of urea groups is 1. The Morgan fingerprint density at radius 2 is 1.86 bits per heavy atom. The van der Waals surface area contributed by atoms with E-state index in [-0.39, 0.29) is 12.5 Å². The van der Waals surface area contributed by atoms with Gasteiger partial charge in [-0.1, -0.05) is 48.6 Å². The van der Waals surface area contributed by atoms with E-state index in [2.05, 4.69) is 17.2 Å². The van der Waals surface area contributed by atoms with Gasteiger partial charge in [-0.05, 0) is 69.2 Å². The van der Waals surface area contributed by atoms with Crippen LogP contribution in [0.1, 0.15) is 44.4 Å². The van der Waals surface area contributed by atoms with Crippen molar-refractivity contribution < 1.29 is 18.7 Å². The van der Waals surface area contributed by atoms with Crippen LogP contribution in [0.15, 0.2) is 73.3 Å². The van der Waals surface area contributed by atoms with Crippen molar-refractivity contribution in [3.8, 4) is 5.75 Å². The molecule has 186 valence electrons. The highest BCUT2D eigenvalue weighted by Gasteiger charge is 2.32. The average molecular weight is 488 g/mol. The molecule has 0 spiro atoms. The summed E-state index contributed by atoms with van der Waals surface area (Å²) >= 11 is 0. The van der Waals surface area contributed by atoms with Gasteiger partial charge in [-0.15, -0.1) is 0 Å². The van der Waals surface area contributed by atoms with Crippen LogP contribution in [0.3, 0.4) is 0 Å². The summed E-state index contributed by atoms with van der Waals surface area (Å²) in [5, 5.41) is 5.84. The van der Waals surface area contributed by atoms with Crippen molar-refractivity contribution in [2.45, 2.75) is 45.9 Å². The number of allylic oxidation sites excluding steroid dienone is 1. The number of benzene rings is 3. The number of amides is 3. The molecule has 3 amide bonds. The molecule has 2 N–H and O–H groups in total. The number of carbonyl (C=O) groups excluding carboxylic acids is 2. The van der Waals surface area contributed by atoms with Gasteiger partial charge >= 0.3 is 6.03 Å². The van der Waals surface area contributed by atoms with Crippen LogP contribution >= 0.6 is 0 Å². The Labute approximate surface area is 210 Å². The number of nitrogens with one attached hydrogen (secondary N) is 2. The quantitative estimate of drug-likeness (QED) is 0.433. The van der Waals surface area contributed by atoms with Gasteiger partial charge in [0.1, 0.15) is 11.6 Å². The summed E-state index contributed by atoms with van der Waals surface area (Å²) in [4.78, 5) is 27.3. The molecule has 0 fully saturated rings. The highest BCUT2D eigenvalue weighted by atomic mass is 19.1. The van der Waals surface area contributed by atoms with Crippen LogP contribution in [0.25, 0.3) is 5.57 Å². The minimum Gasteiger partial charge on any atom is -0.479 e. The maximum absolute atomic E-state index is 14.3. The van der Waals surface area contributed by atoms with E-state index in [1.165, 1.54) is 11.0 Å². The lowest BCUT2D eigenvalue weighted by Crippen LogP contribution is -2.44. The van der Waals surface area contributed by atoms with Crippen molar-refractivity contribution in [3.63, 3.8) is 0 Å². The van der Waals surface area contributed by atoms with Crippen LogP contribution in [-0.4, -0.2) is 18.0 Å². The van der Waals surface area contributed by atoms with Gasteiger partial charge in [-0.3, -0.25) is 4.79 Å². The van der Waals surface area contributed by atoms with Gasteiger partial charge in [-0.25, -0.2) is 9.18 Å². The van der Waals surface area contributed by atoms with Gasteiger partial charge in [0.2, 0.25) is 0 Å². The number of fused-ring (bicyclic) bond motifs is 1. The molecule has 3 aromatic rings. The zero-order chi connectivity index (χ0) is 26.0. The van der Waals surface area contributed by atoms with E-state index in [0.717, 1.165) is 16.7 Å². The number of nitrogens with zero attached hydrogens (tertiary/aromatic N) is 1. The van der Waals surface area contributed by atoms with E-state index >= 15 is 0 Å².